The fourth-order valence-electron chi connectivity index (χ4n) is 0.803. The molecule has 0 radical (unpaired) electrons. The molecule has 2 N–H and O–H groups in total. The lowest BCUT2D eigenvalue weighted by Gasteiger charge is -1.90. The van der Waals surface area contributed by atoms with Gasteiger partial charge in [0.05, 0.1) is 6.54 Å². The summed E-state index contributed by atoms with van der Waals surface area (Å²) in [5.41, 5.74) is 7.04. The van der Waals surface area contributed by atoms with Gasteiger partial charge in [0.2, 0.25) is 0 Å². The molecular weight excluding hydrogens is 146 g/mol. The summed E-state index contributed by atoms with van der Waals surface area (Å²) < 4.78 is 0. The van der Waals surface area contributed by atoms with Crippen molar-refractivity contribution in [3.8, 4) is 24.2 Å². The van der Waals surface area contributed by atoms with Crippen LogP contribution in [0.2, 0.25) is 0 Å². The van der Waals surface area contributed by atoms with E-state index in [-0.39, 0.29) is 0 Å². The van der Waals surface area contributed by atoms with Crippen molar-refractivity contribution in [3.05, 3.63) is 35.4 Å². The molecule has 0 atom stereocenters. The van der Waals surface area contributed by atoms with Crippen LogP contribution in [0.5, 0.6) is 0 Å². The molecule has 0 spiro atoms. The summed E-state index contributed by atoms with van der Waals surface area (Å²) >= 11 is 0. The quantitative estimate of drug-likeness (QED) is 0.555. The third kappa shape index (κ3) is 2.16. The summed E-state index contributed by atoms with van der Waals surface area (Å²) in [6.45, 7) is 0.386. The molecule has 0 unspecified atom stereocenters. The first-order chi connectivity index (χ1) is 5.86. The lowest BCUT2D eigenvalue weighted by Crippen LogP contribution is -1.92. The fraction of sp³-hybridized carbons (Fsp3) is 0.0909. The molecule has 0 aliphatic heterocycles. The Labute approximate surface area is 72.6 Å². The second-order valence-electron chi connectivity index (χ2n) is 2.23. The average Bonchev–Trinajstić information content (AvgIpc) is 2.15. The van der Waals surface area contributed by atoms with Crippen molar-refractivity contribution in [2.75, 3.05) is 6.54 Å². The van der Waals surface area contributed by atoms with E-state index < -0.39 is 0 Å². The standard InChI is InChI=1S/C11H9N/c1-2-10-5-7-11(8-6-10)4-3-9-12/h1,5-8H,9,12H2. The molecule has 0 saturated heterocycles. The monoisotopic (exact) mass is 155 g/mol. The third-order valence-corrected chi connectivity index (χ3v) is 1.39. The Kier molecular flexibility index (Phi) is 2.96. The van der Waals surface area contributed by atoms with Crippen LogP contribution in [0.25, 0.3) is 0 Å². The average molecular weight is 155 g/mol. The number of hydrogen-bond acceptors (Lipinski definition) is 1. The second-order valence-corrected chi connectivity index (χ2v) is 2.23. The van der Waals surface area contributed by atoms with E-state index in [2.05, 4.69) is 17.8 Å². The highest BCUT2D eigenvalue weighted by Gasteiger charge is 1.86. The van der Waals surface area contributed by atoms with Crippen LogP contribution >= 0.6 is 0 Å². The minimum absolute atomic E-state index is 0.386. The number of terminal acetylenes is 1. The van der Waals surface area contributed by atoms with Gasteiger partial charge in [0.15, 0.2) is 0 Å². The Hall–Kier alpha value is -1.70. The van der Waals surface area contributed by atoms with Crippen LogP contribution < -0.4 is 5.73 Å². The van der Waals surface area contributed by atoms with Crippen molar-refractivity contribution in [1.29, 1.82) is 0 Å². The predicted molar refractivity (Wildman–Crippen MR) is 50.3 cm³/mol. The van der Waals surface area contributed by atoms with Crippen LogP contribution in [0.4, 0.5) is 0 Å². The highest BCUT2D eigenvalue weighted by atomic mass is 14.5. The second kappa shape index (κ2) is 4.23. The van der Waals surface area contributed by atoms with Crippen LogP contribution in [-0.4, -0.2) is 6.54 Å². The summed E-state index contributed by atoms with van der Waals surface area (Å²) in [6, 6.07) is 7.50. The van der Waals surface area contributed by atoms with Gasteiger partial charge >= 0.3 is 0 Å². The van der Waals surface area contributed by atoms with Crippen LogP contribution in [0, 0.1) is 24.2 Å². The predicted octanol–water partition coefficient (Wildman–Crippen LogP) is 0.978. The van der Waals surface area contributed by atoms with Gasteiger partial charge < -0.3 is 5.73 Å². The molecular formula is C11H9N. The molecule has 58 valence electrons. The van der Waals surface area contributed by atoms with Crippen molar-refractivity contribution in [3.63, 3.8) is 0 Å². The van der Waals surface area contributed by atoms with Crippen molar-refractivity contribution >= 4 is 0 Å². The van der Waals surface area contributed by atoms with Crippen LogP contribution in [0.1, 0.15) is 11.1 Å². The summed E-state index contributed by atoms with van der Waals surface area (Å²) in [5.74, 6) is 8.22. The van der Waals surface area contributed by atoms with Gasteiger partial charge in [-0.25, -0.2) is 0 Å². The summed E-state index contributed by atoms with van der Waals surface area (Å²) in [7, 11) is 0. The van der Waals surface area contributed by atoms with E-state index in [4.69, 9.17) is 12.2 Å². The first-order valence-corrected chi connectivity index (χ1v) is 3.62. The van der Waals surface area contributed by atoms with Crippen molar-refractivity contribution in [1.82, 2.24) is 0 Å². The van der Waals surface area contributed by atoms with E-state index in [1.165, 1.54) is 0 Å². The first-order valence-electron chi connectivity index (χ1n) is 3.62. The molecule has 12 heavy (non-hydrogen) atoms. The van der Waals surface area contributed by atoms with Gasteiger partial charge in [0, 0.05) is 11.1 Å². The molecule has 1 nitrogen and oxygen atoms in total. The Balaban J connectivity index is 2.87. The van der Waals surface area contributed by atoms with E-state index in [0.29, 0.717) is 6.54 Å². The van der Waals surface area contributed by atoms with Gasteiger partial charge in [-0.1, -0.05) is 17.8 Å². The molecule has 1 heteroatoms. The van der Waals surface area contributed by atoms with Gasteiger partial charge in [-0.2, -0.15) is 0 Å². The number of nitrogens with two attached hydrogens (primary N) is 1. The highest BCUT2D eigenvalue weighted by molar-refractivity contribution is 5.40. The largest absolute Gasteiger partial charge is 0.320 e. The molecule has 0 heterocycles. The van der Waals surface area contributed by atoms with Crippen LogP contribution in [-0.2, 0) is 0 Å². The van der Waals surface area contributed by atoms with E-state index in [0.717, 1.165) is 11.1 Å². The van der Waals surface area contributed by atoms with Crippen molar-refractivity contribution < 1.29 is 0 Å². The maximum atomic E-state index is 5.23. The molecule has 0 amide bonds. The SMILES string of the molecule is C#Cc1ccc(C#CCN)cc1. The number of benzene rings is 1. The number of hydrogen-bond donors (Lipinski definition) is 1. The molecule has 0 aromatic heterocycles. The van der Waals surface area contributed by atoms with Crippen LogP contribution in [0.3, 0.4) is 0 Å². The highest BCUT2D eigenvalue weighted by Crippen LogP contribution is 2.00. The normalized spacial score (nSPS) is 8.00. The number of rotatable bonds is 0. The van der Waals surface area contributed by atoms with E-state index in [9.17, 15) is 0 Å². The topological polar surface area (TPSA) is 26.0 Å². The lowest BCUT2D eigenvalue weighted by molar-refractivity contribution is 1.30. The smallest absolute Gasteiger partial charge is 0.0555 e. The Bertz CT molecular complexity index is 343. The molecule has 0 aliphatic carbocycles. The Morgan fingerprint density at radius 2 is 1.75 bits per heavy atom. The first kappa shape index (κ1) is 8.40. The summed E-state index contributed by atoms with van der Waals surface area (Å²) in [4.78, 5) is 0. The van der Waals surface area contributed by atoms with E-state index in [1.807, 2.05) is 24.3 Å². The van der Waals surface area contributed by atoms with Gasteiger partial charge in [-0.05, 0) is 24.3 Å². The van der Waals surface area contributed by atoms with Gasteiger partial charge in [0.1, 0.15) is 0 Å². The summed E-state index contributed by atoms with van der Waals surface area (Å²) in [6.07, 6.45) is 5.19. The minimum atomic E-state index is 0.386. The van der Waals surface area contributed by atoms with E-state index >= 15 is 0 Å². The van der Waals surface area contributed by atoms with E-state index in [1.54, 1.807) is 0 Å². The maximum Gasteiger partial charge on any atom is 0.0555 e. The zero-order valence-electron chi connectivity index (χ0n) is 6.67. The zero-order valence-corrected chi connectivity index (χ0v) is 6.67. The van der Waals surface area contributed by atoms with Crippen molar-refractivity contribution in [2.45, 2.75) is 0 Å². The minimum Gasteiger partial charge on any atom is -0.320 e. The lowest BCUT2D eigenvalue weighted by atomic mass is 10.1. The molecule has 0 aliphatic rings. The summed E-state index contributed by atoms with van der Waals surface area (Å²) in [5, 5.41) is 0. The molecule has 1 aromatic rings. The van der Waals surface area contributed by atoms with Gasteiger partial charge in [-0.3, -0.25) is 0 Å². The fourth-order valence-corrected chi connectivity index (χ4v) is 0.803. The van der Waals surface area contributed by atoms with Crippen molar-refractivity contribution in [2.24, 2.45) is 5.73 Å². The Morgan fingerprint density at radius 3 is 2.25 bits per heavy atom. The van der Waals surface area contributed by atoms with Gasteiger partial charge in [0.25, 0.3) is 0 Å². The molecule has 1 aromatic carbocycles. The molecule has 1 rings (SSSR count). The maximum absolute atomic E-state index is 5.23. The molecule has 0 bridgehead atoms. The Morgan fingerprint density at radius 1 is 1.17 bits per heavy atom. The third-order valence-electron chi connectivity index (χ3n) is 1.39. The molecule has 0 saturated carbocycles. The van der Waals surface area contributed by atoms with Crippen LogP contribution in [0.15, 0.2) is 24.3 Å². The van der Waals surface area contributed by atoms with Gasteiger partial charge in [-0.15, -0.1) is 6.42 Å². The zero-order chi connectivity index (χ0) is 8.81. The molecule has 0 fully saturated rings.